The number of hydrogen-bond donors (Lipinski definition) is 0. The second-order valence-electron chi connectivity index (χ2n) is 7.11. The summed E-state index contributed by atoms with van der Waals surface area (Å²) in [6.45, 7) is 6.99. The first-order valence-corrected chi connectivity index (χ1v) is 11.5. The van der Waals surface area contributed by atoms with Gasteiger partial charge in [0.15, 0.2) is 0 Å². The molecule has 0 saturated heterocycles. The van der Waals surface area contributed by atoms with Crippen molar-refractivity contribution in [2.45, 2.75) is 39.7 Å². The van der Waals surface area contributed by atoms with Gasteiger partial charge in [0.25, 0.3) is 0 Å². The normalized spacial score (nSPS) is 12.1. The Kier molecular flexibility index (Phi) is 7.67. The highest BCUT2D eigenvalue weighted by Gasteiger charge is 2.28. The summed E-state index contributed by atoms with van der Waals surface area (Å²) in [5.74, 6) is -0.396. The second kappa shape index (κ2) is 10.0. The first-order valence-electron chi connectivity index (χ1n) is 9.92. The van der Waals surface area contributed by atoms with Gasteiger partial charge in [-0.05, 0) is 90.1 Å². The van der Waals surface area contributed by atoms with Crippen molar-refractivity contribution in [3.8, 4) is 0 Å². The summed E-state index contributed by atoms with van der Waals surface area (Å²) in [5.41, 5.74) is 4.86. The van der Waals surface area contributed by atoms with Gasteiger partial charge in [-0.2, -0.15) is 0 Å². The summed E-state index contributed by atoms with van der Waals surface area (Å²) in [6, 6.07) is 15.6. The van der Waals surface area contributed by atoms with Crippen LogP contribution in [0.5, 0.6) is 0 Å². The van der Waals surface area contributed by atoms with Gasteiger partial charge in [0.1, 0.15) is 0 Å². The lowest BCUT2D eigenvalue weighted by Crippen LogP contribution is -2.17. The van der Waals surface area contributed by atoms with Gasteiger partial charge in [-0.1, -0.05) is 41.4 Å². The van der Waals surface area contributed by atoms with E-state index in [-0.39, 0.29) is 11.9 Å². The molecule has 0 bridgehead atoms. The maximum absolute atomic E-state index is 12.8. The smallest absolute Gasteiger partial charge is 0.340 e. The van der Waals surface area contributed by atoms with Crippen LogP contribution in [0.1, 0.15) is 52.5 Å². The quantitative estimate of drug-likeness (QED) is 0.310. The van der Waals surface area contributed by atoms with E-state index in [0.717, 1.165) is 27.0 Å². The van der Waals surface area contributed by atoms with Crippen LogP contribution in [0.3, 0.4) is 0 Å². The number of aryl methyl sites for hydroxylation is 1. The minimum atomic E-state index is -0.317. The Morgan fingerprint density at radius 3 is 2.37 bits per heavy atom. The Balaban J connectivity index is 2.21. The highest BCUT2D eigenvalue weighted by Crippen LogP contribution is 2.36. The predicted molar refractivity (Wildman–Crippen MR) is 127 cm³/mol. The van der Waals surface area contributed by atoms with Crippen LogP contribution in [0.4, 0.5) is 0 Å². The van der Waals surface area contributed by atoms with Crippen LogP contribution in [0.25, 0.3) is 0 Å². The third-order valence-corrected chi connectivity index (χ3v) is 6.38. The Morgan fingerprint density at radius 2 is 1.73 bits per heavy atom. The molecule has 0 N–H and O–H groups in total. The van der Waals surface area contributed by atoms with Crippen LogP contribution in [0, 0.1) is 6.92 Å². The number of carbonyl (C=O) groups is 1. The maximum Gasteiger partial charge on any atom is 0.340 e. The molecule has 0 radical (unpaired) electrons. The number of aromatic nitrogens is 1. The van der Waals surface area contributed by atoms with E-state index in [9.17, 15) is 4.79 Å². The molecule has 6 heteroatoms. The highest BCUT2D eigenvalue weighted by molar-refractivity contribution is 9.10. The Morgan fingerprint density at radius 1 is 1.07 bits per heavy atom. The molecule has 0 fully saturated rings. The molecule has 30 heavy (non-hydrogen) atoms. The molecule has 3 aromatic rings. The predicted octanol–water partition coefficient (Wildman–Crippen LogP) is 7.44. The molecular weight excluding hydrogens is 485 g/mol. The third-order valence-electron chi connectivity index (χ3n) is 5.24. The zero-order chi connectivity index (χ0) is 21.8. The monoisotopic (exact) mass is 507 g/mol. The lowest BCUT2D eigenvalue weighted by atomic mass is 9.86. The van der Waals surface area contributed by atoms with Crippen LogP contribution in [0.15, 0.2) is 53.1 Å². The van der Waals surface area contributed by atoms with E-state index in [1.165, 1.54) is 0 Å². The number of benzene rings is 2. The number of hydrogen-bond acceptors (Lipinski definition) is 2. The van der Waals surface area contributed by atoms with Gasteiger partial charge in [-0.15, -0.1) is 0 Å². The van der Waals surface area contributed by atoms with Crippen molar-refractivity contribution in [1.82, 2.24) is 4.57 Å². The standard InChI is InChI=1S/C24H24BrCl2NO2/c1-4-28-22(25)14-21(24(29)30-5-2)23(28)20(16-7-10-18(26)11-8-16)13-17-12-19(27)9-6-15(17)3/h6-12,14,20H,4-5,13H2,1-3H3. The third kappa shape index (κ3) is 4.93. The van der Waals surface area contributed by atoms with Gasteiger partial charge in [0.2, 0.25) is 0 Å². The van der Waals surface area contributed by atoms with E-state index in [4.69, 9.17) is 27.9 Å². The molecule has 1 atom stereocenters. The molecule has 3 rings (SSSR count). The largest absolute Gasteiger partial charge is 0.462 e. The van der Waals surface area contributed by atoms with Crippen LogP contribution in [-0.4, -0.2) is 17.1 Å². The molecular formula is C24H24BrCl2NO2. The van der Waals surface area contributed by atoms with Crippen molar-refractivity contribution in [3.63, 3.8) is 0 Å². The minimum Gasteiger partial charge on any atom is -0.462 e. The molecule has 3 nitrogen and oxygen atoms in total. The molecule has 0 spiro atoms. The molecule has 1 aromatic heterocycles. The number of rotatable bonds is 7. The van der Waals surface area contributed by atoms with Crippen molar-refractivity contribution in [3.05, 3.63) is 91.1 Å². The second-order valence-corrected chi connectivity index (χ2v) is 8.80. The molecule has 0 aliphatic carbocycles. The first-order chi connectivity index (χ1) is 14.3. The van der Waals surface area contributed by atoms with Gasteiger partial charge in [0, 0.05) is 28.2 Å². The van der Waals surface area contributed by atoms with Gasteiger partial charge in [-0.25, -0.2) is 4.79 Å². The highest BCUT2D eigenvalue weighted by atomic mass is 79.9. The first kappa shape index (κ1) is 22.9. The fraction of sp³-hybridized carbons (Fsp3) is 0.292. The number of nitrogens with zero attached hydrogens (tertiary/aromatic N) is 1. The van der Waals surface area contributed by atoms with Crippen molar-refractivity contribution < 1.29 is 9.53 Å². The summed E-state index contributed by atoms with van der Waals surface area (Å²) in [6.07, 6.45) is 0.691. The molecule has 2 aromatic carbocycles. The maximum atomic E-state index is 12.8. The Hall–Kier alpha value is -1.75. The zero-order valence-electron chi connectivity index (χ0n) is 17.2. The van der Waals surface area contributed by atoms with Gasteiger partial charge in [0.05, 0.1) is 16.8 Å². The summed E-state index contributed by atoms with van der Waals surface area (Å²) < 4.78 is 8.33. The van der Waals surface area contributed by atoms with E-state index in [1.807, 2.05) is 55.5 Å². The molecule has 0 aliphatic rings. The van der Waals surface area contributed by atoms with Crippen LogP contribution >= 0.6 is 39.1 Å². The van der Waals surface area contributed by atoms with E-state index in [1.54, 1.807) is 0 Å². The lowest BCUT2D eigenvalue weighted by Gasteiger charge is -2.23. The Labute approximate surface area is 196 Å². The number of esters is 1. The van der Waals surface area contributed by atoms with Crippen molar-refractivity contribution in [1.29, 1.82) is 0 Å². The molecule has 158 valence electrons. The SMILES string of the molecule is CCOC(=O)c1cc(Br)n(CC)c1C(Cc1cc(Cl)ccc1C)c1ccc(Cl)cc1. The summed E-state index contributed by atoms with van der Waals surface area (Å²) >= 11 is 16.1. The van der Waals surface area contributed by atoms with Crippen LogP contribution < -0.4 is 0 Å². The average Bonchev–Trinajstić information content (AvgIpc) is 3.05. The Bertz CT molecular complexity index is 1040. The van der Waals surface area contributed by atoms with Crippen LogP contribution in [0.2, 0.25) is 10.0 Å². The van der Waals surface area contributed by atoms with E-state index in [0.29, 0.717) is 35.2 Å². The van der Waals surface area contributed by atoms with Gasteiger partial charge in [-0.3, -0.25) is 0 Å². The van der Waals surface area contributed by atoms with Crippen LogP contribution in [-0.2, 0) is 17.7 Å². The van der Waals surface area contributed by atoms with E-state index in [2.05, 4.69) is 34.3 Å². The van der Waals surface area contributed by atoms with Crippen molar-refractivity contribution in [2.75, 3.05) is 6.61 Å². The van der Waals surface area contributed by atoms with E-state index < -0.39 is 0 Å². The molecule has 0 saturated carbocycles. The molecule has 0 aliphatic heterocycles. The van der Waals surface area contributed by atoms with Gasteiger partial charge >= 0.3 is 5.97 Å². The van der Waals surface area contributed by atoms with Gasteiger partial charge < -0.3 is 9.30 Å². The summed E-state index contributed by atoms with van der Waals surface area (Å²) in [4.78, 5) is 12.8. The summed E-state index contributed by atoms with van der Waals surface area (Å²) in [5, 5.41) is 1.37. The molecule has 0 amide bonds. The molecule has 1 heterocycles. The average molecular weight is 509 g/mol. The minimum absolute atomic E-state index is 0.0786. The topological polar surface area (TPSA) is 31.2 Å². The number of ether oxygens (including phenoxy) is 1. The fourth-order valence-electron chi connectivity index (χ4n) is 3.75. The zero-order valence-corrected chi connectivity index (χ0v) is 20.3. The lowest BCUT2D eigenvalue weighted by molar-refractivity contribution is 0.0524. The molecule has 1 unspecified atom stereocenters. The van der Waals surface area contributed by atoms with Crippen molar-refractivity contribution >= 4 is 45.1 Å². The van der Waals surface area contributed by atoms with Crippen molar-refractivity contribution in [2.24, 2.45) is 0 Å². The summed E-state index contributed by atoms with van der Waals surface area (Å²) in [7, 11) is 0. The number of carbonyl (C=O) groups excluding carboxylic acids is 1. The number of halogens is 3. The van der Waals surface area contributed by atoms with E-state index >= 15 is 0 Å². The fourth-order valence-corrected chi connectivity index (χ4v) is 4.74.